The molecule has 1 fully saturated rings. The van der Waals surface area contributed by atoms with Crippen LogP contribution in [0.2, 0.25) is 0 Å². The molecule has 1 saturated carbocycles. The molecule has 0 radical (unpaired) electrons. The van der Waals surface area contributed by atoms with Crippen molar-refractivity contribution < 1.29 is 4.39 Å². The molecule has 0 aromatic carbocycles. The molecule has 1 aliphatic rings. The molecule has 5 heteroatoms. The third kappa shape index (κ3) is 3.55. The highest BCUT2D eigenvalue weighted by Gasteiger charge is 2.18. The molecule has 0 amide bonds. The molecule has 1 aliphatic carbocycles. The number of hydrogen-bond acceptors (Lipinski definition) is 4. The first kappa shape index (κ1) is 13.9. The molecule has 0 unspecified atom stereocenters. The predicted octanol–water partition coefficient (Wildman–Crippen LogP) is 2.96. The quantitative estimate of drug-likeness (QED) is 0.851. The van der Waals surface area contributed by atoms with Crippen LogP contribution >= 0.6 is 0 Å². The lowest BCUT2D eigenvalue weighted by atomic mass is 9.92. The molecular weight excluding hydrogens is 267 g/mol. The fourth-order valence-corrected chi connectivity index (χ4v) is 2.71. The minimum Gasteiger partial charge on any atom is -0.367 e. The third-order valence-electron chi connectivity index (χ3n) is 3.89. The highest BCUT2D eigenvalue weighted by Crippen LogP contribution is 2.23. The maximum atomic E-state index is 13.2. The number of pyridine rings is 2. The van der Waals surface area contributed by atoms with Crippen LogP contribution in [0.4, 0.5) is 10.2 Å². The third-order valence-corrected chi connectivity index (χ3v) is 3.89. The molecular formula is C16H19FN4. The van der Waals surface area contributed by atoms with Gasteiger partial charge in [-0.1, -0.05) is 6.07 Å². The van der Waals surface area contributed by atoms with Crippen LogP contribution < -0.4 is 11.1 Å². The summed E-state index contributed by atoms with van der Waals surface area (Å²) >= 11 is 0. The first-order valence-corrected chi connectivity index (χ1v) is 7.32. The van der Waals surface area contributed by atoms with Crippen LogP contribution in [-0.4, -0.2) is 22.1 Å². The Labute approximate surface area is 123 Å². The van der Waals surface area contributed by atoms with Crippen LogP contribution in [0.1, 0.15) is 25.7 Å². The number of nitrogens with two attached hydrogens (primary N) is 1. The summed E-state index contributed by atoms with van der Waals surface area (Å²) in [4.78, 5) is 8.24. The van der Waals surface area contributed by atoms with Crippen LogP contribution in [0.25, 0.3) is 11.3 Å². The molecule has 0 aliphatic heterocycles. The summed E-state index contributed by atoms with van der Waals surface area (Å²) in [6.07, 6.45) is 5.93. The molecule has 0 bridgehead atoms. The van der Waals surface area contributed by atoms with E-state index in [-0.39, 0.29) is 0 Å². The zero-order valence-electron chi connectivity index (χ0n) is 11.8. The van der Waals surface area contributed by atoms with Crippen molar-refractivity contribution in [1.29, 1.82) is 0 Å². The lowest BCUT2D eigenvalue weighted by Gasteiger charge is -2.27. The molecule has 3 rings (SSSR count). The summed E-state index contributed by atoms with van der Waals surface area (Å²) < 4.78 is 13.2. The zero-order valence-corrected chi connectivity index (χ0v) is 11.8. The van der Waals surface area contributed by atoms with Gasteiger partial charge in [0.05, 0.1) is 5.69 Å². The topological polar surface area (TPSA) is 63.8 Å². The van der Waals surface area contributed by atoms with Gasteiger partial charge in [0, 0.05) is 23.8 Å². The molecule has 0 atom stereocenters. The molecule has 4 nitrogen and oxygen atoms in total. The number of halogens is 1. The number of aromatic nitrogens is 2. The molecule has 2 aromatic heterocycles. The van der Waals surface area contributed by atoms with E-state index in [0.717, 1.165) is 37.1 Å². The lowest BCUT2D eigenvalue weighted by molar-refractivity contribution is 0.410. The van der Waals surface area contributed by atoms with Crippen molar-refractivity contribution >= 4 is 5.82 Å². The summed E-state index contributed by atoms with van der Waals surface area (Å²) in [5.41, 5.74) is 7.39. The second-order valence-electron chi connectivity index (χ2n) is 5.53. The van der Waals surface area contributed by atoms with Crippen LogP contribution in [0.3, 0.4) is 0 Å². The van der Waals surface area contributed by atoms with Gasteiger partial charge in [-0.15, -0.1) is 0 Å². The Morgan fingerprint density at radius 2 is 1.95 bits per heavy atom. The molecule has 2 heterocycles. The summed E-state index contributed by atoms with van der Waals surface area (Å²) in [7, 11) is 0. The van der Waals surface area contributed by atoms with Crippen molar-refractivity contribution in [2.24, 2.45) is 5.73 Å². The van der Waals surface area contributed by atoms with E-state index in [1.165, 1.54) is 6.07 Å². The molecule has 21 heavy (non-hydrogen) atoms. The average molecular weight is 286 g/mol. The first-order chi connectivity index (χ1) is 10.2. The van der Waals surface area contributed by atoms with Gasteiger partial charge >= 0.3 is 0 Å². The van der Waals surface area contributed by atoms with Crippen molar-refractivity contribution in [1.82, 2.24) is 9.97 Å². The molecule has 3 N–H and O–H groups in total. The Balaban J connectivity index is 1.74. The number of nitrogens with zero attached hydrogens (tertiary/aromatic N) is 2. The lowest BCUT2D eigenvalue weighted by Crippen LogP contribution is -2.32. The van der Waals surface area contributed by atoms with E-state index in [4.69, 9.17) is 5.73 Å². The van der Waals surface area contributed by atoms with Gasteiger partial charge in [-0.05, 0) is 49.9 Å². The Morgan fingerprint density at radius 1 is 1.14 bits per heavy atom. The number of rotatable bonds is 3. The average Bonchev–Trinajstić information content (AvgIpc) is 2.50. The van der Waals surface area contributed by atoms with Crippen LogP contribution in [0, 0.1) is 5.95 Å². The highest BCUT2D eigenvalue weighted by atomic mass is 19.1. The summed E-state index contributed by atoms with van der Waals surface area (Å²) in [5, 5.41) is 3.44. The van der Waals surface area contributed by atoms with Crippen molar-refractivity contribution in [2.75, 3.05) is 5.32 Å². The summed E-state index contributed by atoms with van der Waals surface area (Å²) in [6.45, 7) is 0. The minimum absolute atomic E-state index is 0.332. The maximum absolute atomic E-state index is 13.2. The standard InChI is InChI=1S/C16H19FN4/c17-15-3-1-2-14(21-15)11-8-9-19-16(10-11)20-13-6-4-12(18)5-7-13/h1-3,8-10,12-13H,4-7,18H2,(H,19,20)/t12-,13-. The van der Waals surface area contributed by atoms with E-state index in [2.05, 4.69) is 15.3 Å². The zero-order chi connectivity index (χ0) is 14.7. The largest absolute Gasteiger partial charge is 0.367 e. The Kier molecular flexibility index (Phi) is 4.10. The number of anilines is 1. The van der Waals surface area contributed by atoms with E-state index < -0.39 is 5.95 Å². The van der Waals surface area contributed by atoms with Gasteiger partial charge in [0.1, 0.15) is 5.82 Å². The second-order valence-corrected chi connectivity index (χ2v) is 5.53. The van der Waals surface area contributed by atoms with Crippen LogP contribution in [0.5, 0.6) is 0 Å². The fraction of sp³-hybridized carbons (Fsp3) is 0.375. The van der Waals surface area contributed by atoms with Crippen molar-refractivity contribution in [3.8, 4) is 11.3 Å². The monoisotopic (exact) mass is 286 g/mol. The van der Waals surface area contributed by atoms with Crippen LogP contribution in [0.15, 0.2) is 36.5 Å². The van der Waals surface area contributed by atoms with Gasteiger partial charge in [-0.2, -0.15) is 4.39 Å². The van der Waals surface area contributed by atoms with E-state index in [0.29, 0.717) is 17.8 Å². The predicted molar refractivity (Wildman–Crippen MR) is 81.3 cm³/mol. The maximum Gasteiger partial charge on any atom is 0.213 e. The van der Waals surface area contributed by atoms with E-state index >= 15 is 0 Å². The van der Waals surface area contributed by atoms with Gasteiger partial charge in [0.15, 0.2) is 0 Å². The molecule has 0 spiro atoms. The van der Waals surface area contributed by atoms with Gasteiger partial charge in [-0.25, -0.2) is 9.97 Å². The second kappa shape index (κ2) is 6.18. The van der Waals surface area contributed by atoms with Crippen molar-refractivity contribution in [3.63, 3.8) is 0 Å². The Morgan fingerprint density at radius 3 is 2.71 bits per heavy atom. The Hall–Kier alpha value is -2.01. The Bertz CT molecular complexity index is 609. The van der Waals surface area contributed by atoms with Gasteiger partial charge in [0.2, 0.25) is 5.95 Å². The summed E-state index contributed by atoms with van der Waals surface area (Å²) in [6, 6.07) is 9.29. The highest BCUT2D eigenvalue weighted by molar-refractivity contribution is 5.62. The van der Waals surface area contributed by atoms with E-state index in [1.54, 1.807) is 18.3 Å². The van der Waals surface area contributed by atoms with Gasteiger partial charge in [-0.3, -0.25) is 0 Å². The van der Waals surface area contributed by atoms with Crippen molar-refractivity contribution in [2.45, 2.75) is 37.8 Å². The summed E-state index contributed by atoms with van der Waals surface area (Å²) in [5.74, 6) is 0.333. The fourth-order valence-electron chi connectivity index (χ4n) is 2.71. The molecule has 0 saturated heterocycles. The first-order valence-electron chi connectivity index (χ1n) is 7.32. The molecule has 110 valence electrons. The van der Waals surface area contributed by atoms with Crippen LogP contribution in [-0.2, 0) is 0 Å². The van der Waals surface area contributed by atoms with Crippen molar-refractivity contribution in [3.05, 3.63) is 42.5 Å². The minimum atomic E-state index is -0.472. The molecule has 2 aromatic rings. The number of nitrogens with one attached hydrogen (secondary N) is 1. The van der Waals surface area contributed by atoms with E-state index in [1.807, 2.05) is 12.1 Å². The van der Waals surface area contributed by atoms with E-state index in [9.17, 15) is 4.39 Å². The van der Waals surface area contributed by atoms with Gasteiger partial charge in [0.25, 0.3) is 0 Å². The van der Waals surface area contributed by atoms with Gasteiger partial charge < -0.3 is 11.1 Å². The SMILES string of the molecule is N[C@H]1CC[C@H](Nc2cc(-c3cccc(F)n3)ccn2)CC1. The number of hydrogen-bond donors (Lipinski definition) is 2. The smallest absolute Gasteiger partial charge is 0.213 e. The normalized spacial score (nSPS) is 22.0.